The van der Waals surface area contributed by atoms with Crippen molar-refractivity contribution in [1.82, 2.24) is 0 Å². The highest BCUT2D eigenvalue weighted by Crippen LogP contribution is 2.45. The van der Waals surface area contributed by atoms with Gasteiger partial charge in [-0.05, 0) is 43.1 Å². The molecular formula is C14H19Cl. The molecule has 0 N–H and O–H groups in total. The summed E-state index contributed by atoms with van der Waals surface area (Å²) in [4.78, 5) is 0. The third-order valence-electron chi connectivity index (χ3n) is 3.71. The Hall–Kier alpha value is -0.490. The summed E-state index contributed by atoms with van der Waals surface area (Å²) in [5.74, 6) is 0.863. The monoisotopic (exact) mass is 222 g/mol. The first-order valence-corrected chi connectivity index (χ1v) is 6.48. The maximum absolute atomic E-state index is 6.04. The molecular weight excluding hydrogens is 204 g/mol. The number of aryl methyl sites for hydroxylation is 1. The standard InChI is InChI=1S/C14H19Cl/c15-12-14(10-5-11-14)9-4-8-13-6-2-1-3-7-13/h1-3,6-7H,4-5,8-12H2. The van der Waals surface area contributed by atoms with Crippen molar-refractivity contribution >= 4 is 11.6 Å². The zero-order valence-electron chi connectivity index (χ0n) is 9.21. The number of halogens is 1. The average Bonchev–Trinajstić information content (AvgIpc) is 2.24. The first-order chi connectivity index (χ1) is 7.35. The Morgan fingerprint density at radius 3 is 2.40 bits per heavy atom. The summed E-state index contributed by atoms with van der Waals surface area (Å²) in [6.07, 6.45) is 7.90. The van der Waals surface area contributed by atoms with Crippen LogP contribution in [0.4, 0.5) is 0 Å². The van der Waals surface area contributed by atoms with E-state index in [1.807, 2.05) is 0 Å². The fraction of sp³-hybridized carbons (Fsp3) is 0.571. The van der Waals surface area contributed by atoms with E-state index in [2.05, 4.69) is 30.3 Å². The van der Waals surface area contributed by atoms with Gasteiger partial charge in [0.15, 0.2) is 0 Å². The lowest BCUT2D eigenvalue weighted by Gasteiger charge is -2.40. The second kappa shape index (κ2) is 5.03. The van der Waals surface area contributed by atoms with Crippen LogP contribution in [0.25, 0.3) is 0 Å². The van der Waals surface area contributed by atoms with Crippen molar-refractivity contribution in [2.75, 3.05) is 5.88 Å². The Balaban J connectivity index is 1.75. The summed E-state index contributed by atoms with van der Waals surface area (Å²) in [5, 5.41) is 0. The van der Waals surface area contributed by atoms with Gasteiger partial charge < -0.3 is 0 Å². The van der Waals surface area contributed by atoms with Crippen molar-refractivity contribution in [3.63, 3.8) is 0 Å². The Morgan fingerprint density at radius 1 is 1.13 bits per heavy atom. The molecule has 1 aromatic rings. The lowest BCUT2D eigenvalue weighted by atomic mass is 9.67. The van der Waals surface area contributed by atoms with Crippen LogP contribution in [0.2, 0.25) is 0 Å². The van der Waals surface area contributed by atoms with Gasteiger partial charge in [0.1, 0.15) is 0 Å². The smallest absolute Gasteiger partial charge is 0.0280 e. The molecule has 82 valence electrons. The molecule has 0 saturated heterocycles. The summed E-state index contributed by atoms with van der Waals surface area (Å²) in [6.45, 7) is 0. The van der Waals surface area contributed by atoms with Gasteiger partial charge in [0, 0.05) is 5.88 Å². The summed E-state index contributed by atoms with van der Waals surface area (Å²) < 4.78 is 0. The van der Waals surface area contributed by atoms with Crippen LogP contribution in [0.15, 0.2) is 30.3 Å². The number of alkyl halides is 1. The van der Waals surface area contributed by atoms with Gasteiger partial charge in [-0.25, -0.2) is 0 Å². The fourth-order valence-electron chi connectivity index (χ4n) is 2.44. The van der Waals surface area contributed by atoms with Crippen molar-refractivity contribution < 1.29 is 0 Å². The molecule has 15 heavy (non-hydrogen) atoms. The SMILES string of the molecule is ClCC1(CCCc2ccccc2)CCC1. The van der Waals surface area contributed by atoms with E-state index in [1.165, 1.54) is 44.1 Å². The Morgan fingerprint density at radius 2 is 1.87 bits per heavy atom. The highest BCUT2D eigenvalue weighted by atomic mass is 35.5. The summed E-state index contributed by atoms with van der Waals surface area (Å²) in [7, 11) is 0. The second-order valence-corrected chi connectivity index (χ2v) is 5.09. The minimum Gasteiger partial charge on any atom is -0.126 e. The molecule has 0 bridgehead atoms. The lowest BCUT2D eigenvalue weighted by Crippen LogP contribution is -2.31. The topological polar surface area (TPSA) is 0 Å². The summed E-state index contributed by atoms with van der Waals surface area (Å²) >= 11 is 6.04. The van der Waals surface area contributed by atoms with Crippen molar-refractivity contribution in [1.29, 1.82) is 0 Å². The largest absolute Gasteiger partial charge is 0.126 e. The second-order valence-electron chi connectivity index (χ2n) is 4.83. The zero-order valence-corrected chi connectivity index (χ0v) is 9.97. The zero-order chi connectivity index (χ0) is 10.6. The van der Waals surface area contributed by atoms with Crippen LogP contribution < -0.4 is 0 Å². The number of hydrogen-bond donors (Lipinski definition) is 0. The van der Waals surface area contributed by atoms with E-state index in [0.29, 0.717) is 5.41 Å². The molecule has 1 fully saturated rings. The van der Waals surface area contributed by atoms with Gasteiger partial charge in [0.25, 0.3) is 0 Å². The molecule has 0 radical (unpaired) electrons. The van der Waals surface area contributed by atoms with Crippen LogP contribution in [0, 0.1) is 5.41 Å². The van der Waals surface area contributed by atoms with Gasteiger partial charge in [0.2, 0.25) is 0 Å². The minimum atomic E-state index is 0.510. The van der Waals surface area contributed by atoms with Crippen LogP contribution in [0.3, 0.4) is 0 Å². The summed E-state index contributed by atoms with van der Waals surface area (Å²) in [6, 6.07) is 10.8. The third kappa shape index (κ3) is 2.75. The van der Waals surface area contributed by atoms with E-state index in [-0.39, 0.29) is 0 Å². The van der Waals surface area contributed by atoms with Gasteiger partial charge in [-0.15, -0.1) is 11.6 Å². The van der Waals surface area contributed by atoms with E-state index in [4.69, 9.17) is 11.6 Å². The van der Waals surface area contributed by atoms with E-state index < -0.39 is 0 Å². The Bertz CT molecular complexity index is 282. The number of hydrogen-bond acceptors (Lipinski definition) is 0. The third-order valence-corrected chi connectivity index (χ3v) is 4.28. The Kier molecular flexibility index (Phi) is 3.69. The van der Waals surface area contributed by atoms with Crippen LogP contribution in [0.1, 0.15) is 37.7 Å². The molecule has 0 amide bonds. The molecule has 0 nitrogen and oxygen atoms in total. The Labute approximate surface area is 97.6 Å². The first kappa shape index (κ1) is 11.0. The molecule has 0 heterocycles. The lowest BCUT2D eigenvalue weighted by molar-refractivity contribution is 0.147. The molecule has 0 aromatic heterocycles. The molecule has 1 heteroatoms. The van der Waals surface area contributed by atoms with Gasteiger partial charge >= 0.3 is 0 Å². The maximum Gasteiger partial charge on any atom is 0.0280 e. The van der Waals surface area contributed by atoms with Crippen LogP contribution in [-0.2, 0) is 6.42 Å². The molecule has 1 aliphatic carbocycles. The molecule has 1 saturated carbocycles. The highest BCUT2D eigenvalue weighted by molar-refractivity contribution is 6.18. The molecule has 0 unspecified atom stereocenters. The molecule has 1 aromatic carbocycles. The van der Waals surface area contributed by atoms with Crippen LogP contribution >= 0.6 is 11.6 Å². The van der Waals surface area contributed by atoms with Gasteiger partial charge in [-0.1, -0.05) is 36.8 Å². The number of benzene rings is 1. The van der Waals surface area contributed by atoms with E-state index in [0.717, 1.165) is 5.88 Å². The quantitative estimate of drug-likeness (QED) is 0.647. The van der Waals surface area contributed by atoms with E-state index in [9.17, 15) is 0 Å². The molecule has 0 spiro atoms. The first-order valence-electron chi connectivity index (χ1n) is 5.95. The minimum absolute atomic E-state index is 0.510. The molecule has 0 aliphatic heterocycles. The molecule has 0 atom stereocenters. The van der Waals surface area contributed by atoms with Gasteiger partial charge in [-0.3, -0.25) is 0 Å². The van der Waals surface area contributed by atoms with Crippen molar-refractivity contribution in [2.24, 2.45) is 5.41 Å². The van der Waals surface area contributed by atoms with Crippen molar-refractivity contribution in [3.8, 4) is 0 Å². The average molecular weight is 223 g/mol. The van der Waals surface area contributed by atoms with Crippen LogP contribution in [-0.4, -0.2) is 5.88 Å². The van der Waals surface area contributed by atoms with E-state index in [1.54, 1.807) is 0 Å². The summed E-state index contributed by atoms with van der Waals surface area (Å²) in [5.41, 5.74) is 1.97. The van der Waals surface area contributed by atoms with Crippen molar-refractivity contribution in [2.45, 2.75) is 38.5 Å². The fourth-order valence-corrected chi connectivity index (χ4v) is 2.84. The number of rotatable bonds is 5. The predicted molar refractivity (Wildman–Crippen MR) is 66.4 cm³/mol. The maximum atomic E-state index is 6.04. The normalized spacial score (nSPS) is 18.5. The molecule has 2 rings (SSSR count). The van der Waals surface area contributed by atoms with Gasteiger partial charge in [-0.2, -0.15) is 0 Å². The van der Waals surface area contributed by atoms with Crippen LogP contribution in [0.5, 0.6) is 0 Å². The van der Waals surface area contributed by atoms with Crippen molar-refractivity contribution in [3.05, 3.63) is 35.9 Å². The highest BCUT2D eigenvalue weighted by Gasteiger charge is 2.35. The molecule has 1 aliphatic rings. The van der Waals surface area contributed by atoms with Gasteiger partial charge in [0.05, 0.1) is 0 Å². The predicted octanol–water partition coefficient (Wildman–Crippen LogP) is 4.42. The van der Waals surface area contributed by atoms with E-state index >= 15 is 0 Å².